The van der Waals surface area contributed by atoms with E-state index < -0.39 is 7.05 Å². The quantitative estimate of drug-likeness (QED) is 0.651. The third-order valence-corrected chi connectivity index (χ3v) is 3.34. The monoisotopic (exact) mass is 215 g/mol. The number of hydrogen-bond donors (Lipinski definition) is 2. The molecule has 1 aliphatic rings. The molecule has 4 nitrogen and oxygen atoms in total. The van der Waals surface area contributed by atoms with Crippen LogP contribution < -0.4 is 0 Å². The number of hydrogen-bond acceptors (Lipinski definition) is 4. The average molecular weight is 215 g/mol. The van der Waals surface area contributed by atoms with Gasteiger partial charge in [0.15, 0.2) is 0 Å². The van der Waals surface area contributed by atoms with E-state index in [0.717, 1.165) is 13.0 Å². The summed E-state index contributed by atoms with van der Waals surface area (Å²) in [5, 5.41) is 19.6. The summed E-state index contributed by atoms with van der Waals surface area (Å²) >= 11 is 0. The molecule has 1 heterocycles. The number of piperidine rings is 1. The van der Waals surface area contributed by atoms with E-state index in [2.05, 4.69) is 6.92 Å². The first-order valence-electron chi connectivity index (χ1n) is 5.69. The van der Waals surface area contributed by atoms with Gasteiger partial charge in [-0.25, -0.2) is 0 Å². The van der Waals surface area contributed by atoms with E-state index in [0.29, 0.717) is 13.2 Å². The fourth-order valence-corrected chi connectivity index (χ4v) is 2.32. The number of ether oxygens (including phenoxy) is 1. The molecule has 0 amide bonds. The molecule has 5 heteroatoms. The Morgan fingerprint density at radius 3 is 2.47 bits per heavy atom. The Labute approximate surface area is 92.4 Å². The van der Waals surface area contributed by atoms with Crippen LogP contribution in [0.3, 0.4) is 0 Å². The summed E-state index contributed by atoms with van der Waals surface area (Å²) < 4.78 is 5.10. The van der Waals surface area contributed by atoms with Crippen molar-refractivity contribution in [2.75, 3.05) is 26.8 Å². The van der Waals surface area contributed by atoms with Crippen LogP contribution in [0.1, 0.15) is 13.3 Å². The average Bonchev–Trinajstić information content (AvgIpc) is 2.21. The Morgan fingerprint density at radius 2 is 2.00 bits per heavy atom. The molecule has 88 valence electrons. The van der Waals surface area contributed by atoms with E-state index in [-0.39, 0.29) is 17.9 Å². The highest BCUT2D eigenvalue weighted by atomic mass is 16.5. The molecule has 3 atom stereocenters. The lowest BCUT2D eigenvalue weighted by Gasteiger charge is -2.41. The number of nitrogens with zero attached hydrogens (tertiary/aromatic N) is 1. The van der Waals surface area contributed by atoms with E-state index in [1.807, 2.05) is 4.81 Å². The summed E-state index contributed by atoms with van der Waals surface area (Å²) in [5.41, 5.74) is 0. The Hall–Kier alpha value is -0.0951. The summed E-state index contributed by atoms with van der Waals surface area (Å²) in [4.78, 5) is 2.00. The molecule has 0 spiro atoms. The van der Waals surface area contributed by atoms with E-state index in [1.165, 1.54) is 0 Å². The third kappa shape index (κ3) is 3.18. The summed E-state index contributed by atoms with van der Waals surface area (Å²) in [5.74, 6) is 0.358. The topological polar surface area (TPSA) is 52.9 Å². The van der Waals surface area contributed by atoms with Gasteiger partial charge < -0.3 is 19.7 Å². The highest BCUT2D eigenvalue weighted by Crippen LogP contribution is 2.25. The largest absolute Gasteiger partial charge is 0.437 e. The van der Waals surface area contributed by atoms with Crippen molar-refractivity contribution in [2.45, 2.75) is 26.3 Å². The molecule has 0 aromatic carbocycles. The molecule has 0 aromatic heterocycles. The molecule has 1 saturated heterocycles. The van der Waals surface area contributed by atoms with Gasteiger partial charge in [0.2, 0.25) is 0 Å². The van der Waals surface area contributed by atoms with E-state index in [4.69, 9.17) is 4.74 Å². The smallest absolute Gasteiger partial charge is 0.376 e. The van der Waals surface area contributed by atoms with Crippen molar-refractivity contribution >= 4 is 7.05 Å². The van der Waals surface area contributed by atoms with Crippen LogP contribution in [0, 0.1) is 11.8 Å². The van der Waals surface area contributed by atoms with Crippen LogP contribution in [0.25, 0.3) is 0 Å². The predicted molar refractivity (Wildman–Crippen MR) is 60.6 cm³/mol. The summed E-state index contributed by atoms with van der Waals surface area (Å²) in [6, 6.07) is 0. The number of aliphatic hydroxyl groups excluding tert-OH is 1. The Kier molecular flexibility index (Phi) is 5.05. The normalized spacial score (nSPS) is 33.0. The molecule has 2 N–H and O–H groups in total. The van der Waals surface area contributed by atoms with E-state index >= 15 is 0 Å². The van der Waals surface area contributed by atoms with E-state index in [1.54, 1.807) is 13.9 Å². The van der Waals surface area contributed by atoms with Gasteiger partial charge in [-0.15, -0.1) is 0 Å². The third-order valence-electron chi connectivity index (χ3n) is 3.34. The number of aliphatic hydroxyl groups is 1. The van der Waals surface area contributed by atoms with Crippen LogP contribution >= 0.6 is 0 Å². The second-order valence-corrected chi connectivity index (χ2v) is 4.46. The fourth-order valence-electron chi connectivity index (χ4n) is 2.32. The van der Waals surface area contributed by atoms with Crippen molar-refractivity contribution in [2.24, 2.45) is 11.8 Å². The zero-order valence-corrected chi connectivity index (χ0v) is 9.89. The standard InChI is InChI=1S/C10H22BNO3/c1-4-8-5-12(11(2)14)6-9(7-15-3)10(8)13/h8-10,13-14H,4-7H2,1-3H3/t8-,9-,10-/m1/s1. The Bertz CT molecular complexity index is 192. The van der Waals surface area contributed by atoms with Crippen LogP contribution in [-0.2, 0) is 4.74 Å². The van der Waals surface area contributed by atoms with Crippen molar-refractivity contribution < 1.29 is 14.9 Å². The van der Waals surface area contributed by atoms with Crippen LogP contribution in [0.4, 0.5) is 0 Å². The molecule has 0 aromatic rings. The van der Waals surface area contributed by atoms with Gasteiger partial charge in [-0.05, 0) is 32.3 Å². The molecule has 0 saturated carbocycles. The molecular weight excluding hydrogens is 193 g/mol. The van der Waals surface area contributed by atoms with E-state index in [9.17, 15) is 10.1 Å². The minimum Gasteiger partial charge on any atom is -0.437 e. The summed E-state index contributed by atoms with van der Waals surface area (Å²) in [6.45, 7) is 5.89. The number of methoxy groups -OCH3 is 1. The van der Waals surface area contributed by atoms with Crippen LogP contribution in [0.5, 0.6) is 0 Å². The molecule has 1 fully saturated rings. The van der Waals surface area contributed by atoms with Crippen molar-refractivity contribution in [1.29, 1.82) is 0 Å². The second kappa shape index (κ2) is 5.84. The molecule has 1 rings (SSSR count). The van der Waals surface area contributed by atoms with Crippen LogP contribution in [0.2, 0.25) is 6.82 Å². The lowest BCUT2D eigenvalue weighted by Crippen LogP contribution is -2.54. The first kappa shape index (κ1) is 13.0. The van der Waals surface area contributed by atoms with Gasteiger partial charge in [0, 0.05) is 13.0 Å². The predicted octanol–water partition coefficient (Wildman–Crippen LogP) is 0.0620. The highest BCUT2D eigenvalue weighted by molar-refractivity contribution is 6.45. The zero-order valence-electron chi connectivity index (χ0n) is 9.89. The minimum absolute atomic E-state index is 0.114. The van der Waals surface area contributed by atoms with Crippen LogP contribution in [0.15, 0.2) is 0 Å². The fraction of sp³-hybridized carbons (Fsp3) is 1.00. The van der Waals surface area contributed by atoms with Crippen molar-refractivity contribution in [3.63, 3.8) is 0 Å². The van der Waals surface area contributed by atoms with Crippen molar-refractivity contribution in [3.8, 4) is 0 Å². The van der Waals surface area contributed by atoms with Gasteiger partial charge >= 0.3 is 7.05 Å². The van der Waals surface area contributed by atoms with Gasteiger partial charge in [0.1, 0.15) is 0 Å². The highest BCUT2D eigenvalue weighted by Gasteiger charge is 2.36. The van der Waals surface area contributed by atoms with Crippen molar-refractivity contribution in [3.05, 3.63) is 0 Å². The van der Waals surface area contributed by atoms with Gasteiger partial charge in [-0.2, -0.15) is 0 Å². The van der Waals surface area contributed by atoms with Crippen LogP contribution in [-0.4, -0.2) is 54.9 Å². The molecule has 15 heavy (non-hydrogen) atoms. The molecule has 0 bridgehead atoms. The minimum atomic E-state index is -0.439. The molecule has 1 aliphatic heterocycles. The van der Waals surface area contributed by atoms with Gasteiger partial charge in [-0.3, -0.25) is 0 Å². The van der Waals surface area contributed by atoms with Gasteiger partial charge in [-0.1, -0.05) is 6.92 Å². The van der Waals surface area contributed by atoms with Gasteiger partial charge in [0.25, 0.3) is 0 Å². The number of rotatable bonds is 4. The van der Waals surface area contributed by atoms with Gasteiger partial charge in [0.05, 0.1) is 12.7 Å². The maximum atomic E-state index is 10.1. The Balaban J connectivity index is 2.62. The summed E-state index contributed by atoms with van der Waals surface area (Å²) in [7, 11) is 1.21. The second-order valence-electron chi connectivity index (χ2n) is 4.46. The first-order chi connectivity index (χ1) is 7.10. The van der Waals surface area contributed by atoms with Crippen molar-refractivity contribution in [1.82, 2.24) is 4.81 Å². The lowest BCUT2D eigenvalue weighted by molar-refractivity contribution is -0.0333. The molecular formula is C10H22BNO3. The summed E-state index contributed by atoms with van der Waals surface area (Å²) in [6.07, 6.45) is 0.634. The lowest BCUT2D eigenvalue weighted by atomic mass is 9.76. The first-order valence-corrected chi connectivity index (χ1v) is 5.69. The zero-order chi connectivity index (χ0) is 11.4. The molecule has 0 unspecified atom stereocenters. The molecule has 0 radical (unpaired) electrons. The SMILES string of the molecule is CC[C@@H]1CN(B(C)O)C[C@H](COC)[C@@H]1O. The maximum absolute atomic E-state index is 10.1. The molecule has 0 aliphatic carbocycles. The Morgan fingerprint density at radius 1 is 1.40 bits per heavy atom. The maximum Gasteiger partial charge on any atom is 0.376 e.